The lowest BCUT2D eigenvalue weighted by Crippen LogP contribution is -2.32. The first-order valence-corrected chi connectivity index (χ1v) is 10.9. The molecule has 0 saturated carbocycles. The first-order chi connectivity index (χ1) is 15.1. The fourth-order valence-corrected chi connectivity index (χ4v) is 4.16. The molecule has 160 valence electrons. The Bertz CT molecular complexity index is 1060. The standard InChI is InChI=1S/C22H23N5O3S/c1-15-4-8-17(9-5-15)27-20(16-6-10-18(30-2)11-7-16)24-25-22(27)31-13-3-12-26-19(28)14-23-21(26)29/h4-11H,3,12-14H2,1-2H3,(H,23,29). The van der Waals surface area contributed by atoms with Crippen LogP contribution in [0.2, 0.25) is 0 Å². The molecule has 1 aromatic heterocycles. The van der Waals surface area contributed by atoms with Crippen LogP contribution in [0, 0.1) is 6.92 Å². The number of amides is 3. The smallest absolute Gasteiger partial charge is 0.324 e. The molecule has 9 heteroatoms. The van der Waals surface area contributed by atoms with E-state index in [4.69, 9.17) is 4.74 Å². The maximum Gasteiger partial charge on any atom is 0.324 e. The van der Waals surface area contributed by atoms with E-state index in [0.717, 1.165) is 28.0 Å². The number of imide groups is 1. The molecule has 2 heterocycles. The number of thioether (sulfide) groups is 1. The molecule has 1 aliphatic heterocycles. The van der Waals surface area contributed by atoms with Gasteiger partial charge < -0.3 is 10.1 Å². The summed E-state index contributed by atoms with van der Waals surface area (Å²) in [5.41, 5.74) is 3.07. The van der Waals surface area contributed by atoms with Gasteiger partial charge in [0.05, 0.1) is 13.7 Å². The Morgan fingerprint density at radius 3 is 2.45 bits per heavy atom. The highest BCUT2D eigenvalue weighted by Gasteiger charge is 2.27. The van der Waals surface area contributed by atoms with Crippen molar-refractivity contribution in [1.82, 2.24) is 25.0 Å². The summed E-state index contributed by atoms with van der Waals surface area (Å²) in [6.45, 7) is 2.52. The Labute approximate surface area is 184 Å². The molecule has 3 amide bonds. The van der Waals surface area contributed by atoms with Crippen molar-refractivity contribution in [2.24, 2.45) is 0 Å². The zero-order valence-electron chi connectivity index (χ0n) is 17.4. The van der Waals surface area contributed by atoms with Crippen molar-refractivity contribution in [2.75, 3.05) is 26.0 Å². The average Bonchev–Trinajstić information content (AvgIpc) is 3.35. The Morgan fingerprint density at radius 2 is 1.81 bits per heavy atom. The van der Waals surface area contributed by atoms with E-state index < -0.39 is 0 Å². The molecule has 0 bridgehead atoms. The fourth-order valence-electron chi connectivity index (χ4n) is 3.28. The number of hydrogen-bond donors (Lipinski definition) is 1. The number of benzene rings is 2. The minimum absolute atomic E-state index is 0.0823. The number of carbonyl (C=O) groups is 2. The van der Waals surface area contributed by atoms with Gasteiger partial charge in [0.15, 0.2) is 11.0 Å². The van der Waals surface area contributed by atoms with Crippen molar-refractivity contribution in [2.45, 2.75) is 18.5 Å². The Hall–Kier alpha value is -3.33. The van der Waals surface area contributed by atoms with E-state index in [1.54, 1.807) is 18.9 Å². The number of nitrogens with zero attached hydrogens (tertiary/aromatic N) is 4. The van der Waals surface area contributed by atoms with E-state index in [9.17, 15) is 9.59 Å². The highest BCUT2D eigenvalue weighted by molar-refractivity contribution is 7.99. The summed E-state index contributed by atoms with van der Waals surface area (Å²) in [4.78, 5) is 24.7. The minimum atomic E-state index is -0.320. The minimum Gasteiger partial charge on any atom is -0.497 e. The van der Waals surface area contributed by atoms with Gasteiger partial charge in [-0.25, -0.2) is 4.79 Å². The van der Waals surface area contributed by atoms with Crippen LogP contribution in [-0.2, 0) is 4.79 Å². The molecular weight excluding hydrogens is 414 g/mol. The van der Waals surface area contributed by atoms with Gasteiger partial charge in [-0.2, -0.15) is 0 Å². The first kappa shape index (κ1) is 20.9. The number of aromatic nitrogens is 3. The molecule has 2 aromatic carbocycles. The lowest BCUT2D eigenvalue weighted by atomic mass is 10.2. The molecule has 4 rings (SSSR count). The summed E-state index contributed by atoms with van der Waals surface area (Å²) in [5.74, 6) is 2.03. The third kappa shape index (κ3) is 4.56. The molecule has 0 aliphatic carbocycles. The number of ether oxygens (including phenoxy) is 1. The molecule has 3 aromatic rings. The maximum atomic E-state index is 11.7. The highest BCUT2D eigenvalue weighted by atomic mass is 32.2. The van der Waals surface area contributed by atoms with Crippen LogP contribution in [0.25, 0.3) is 17.1 Å². The van der Waals surface area contributed by atoms with Gasteiger partial charge in [-0.3, -0.25) is 14.3 Å². The van der Waals surface area contributed by atoms with Crippen molar-refractivity contribution in [1.29, 1.82) is 0 Å². The second-order valence-electron chi connectivity index (χ2n) is 7.11. The average molecular weight is 438 g/mol. The third-order valence-corrected chi connectivity index (χ3v) is 5.98. The number of urea groups is 1. The second-order valence-corrected chi connectivity index (χ2v) is 8.17. The van der Waals surface area contributed by atoms with Crippen LogP contribution in [0.15, 0.2) is 53.7 Å². The molecule has 0 atom stereocenters. The predicted molar refractivity (Wildman–Crippen MR) is 119 cm³/mol. The van der Waals surface area contributed by atoms with E-state index in [-0.39, 0.29) is 18.5 Å². The molecule has 1 aliphatic rings. The van der Waals surface area contributed by atoms with Gasteiger partial charge in [-0.05, 0) is 49.7 Å². The number of aryl methyl sites for hydroxylation is 1. The molecule has 1 N–H and O–H groups in total. The first-order valence-electron chi connectivity index (χ1n) is 9.94. The Kier molecular flexibility index (Phi) is 6.22. The summed E-state index contributed by atoms with van der Waals surface area (Å²) < 4.78 is 7.29. The molecule has 31 heavy (non-hydrogen) atoms. The van der Waals surface area contributed by atoms with Crippen LogP contribution in [0.3, 0.4) is 0 Å². The topological polar surface area (TPSA) is 89.4 Å². The number of rotatable bonds is 8. The van der Waals surface area contributed by atoms with Crippen molar-refractivity contribution in [3.05, 3.63) is 54.1 Å². The van der Waals surface area contributed by atoms with Crippen LogP contribution in [0.5, 0.6) is 5.75 Å². The van der Waals surface area contributed by atoms with Crippen LogP contribution in [0.4, 0.5) is 4.79 Å². The molecule has 0 unspecified atom stereocenters. The second kappa shape index (κ2) is 9.22. The van der Waals surface area contributed by atoms with Crippen molar-refractivity contribution < 1.29 is 14.3 Å². The zero-order valence-corrected chi connectivity index (χ0v) is 18.2. The number of carbonyl (C=O) groups excluding carboxylic acids is 2. The summed E-state index contributed by atoms with van der Waals surface area (Å²) in [7, 11) is 1.64. The van der Waals surface area contributed by atoms with E-state index in [1.165, 1.54) is 10.5 Å². The Balaban J connectivity index is 1.55. The van der Waals surface area contributed by atoms with Gasteiger partial charge in [-0.1, -0.05) is 29.5 Å². The van der Waals surface area contributed by atoms with E-state index in [1.807, 2.05) is 47.9 Å². The number of hydrogen-bond acceptors (Lipinski definition) is 6. The molecule has 1 fully saturated rings. The normalized spacial score (nSPS) is 13.5. The number of methoxy groups -OCH3 is 1. The van der Waals surface area contributed by atoms with Gasteiger partial charge in [0.25, 0.3) is 0 Å². The molecule has 1 saturated heterocycles. The van der Waals surface area contributed by atoms with E-state index >= 15 is 0 Å². The van der Waals surface area contributed by atoms with Gasteiger partial charge in [0.2, 0.25) is 5.91 Å². The van der Waals surface area contributed by atoms with Crippen molar-refractivity contribution in [3.63, 3.8) is 0 Å². The fraction of sp³-hybridized carbons (Fsp3) is 0.273. The Morgan fingerprint density at radius 1 is 1.06 bits per heavy atom. The summed E-state index contributed by atoms with van der Waals surface area (Å²) >= 11 is 1.55. The predicted octanol–water partition coefficient (Wildman–Crippen LogP) is 3.29. The quantitative estimate of drug-likeness (QED) is 0.330. The van der Waals surface area contributed by atoms with E-state index in [0.29, 0.717) is 18.7 Å². The maximum absolute atomic E-state index is 11.7. The third-order valence-electron chi connectivity index (χ3n) is 4.97. The zero-order chi connectivity index (χ0) is 21.8. The largest absolute Gasteiger partial charge is 0.497 e. The van der Waals surface area contributed by atoms with Crippen LogP contribution in [0.1, 0.15) is 12.0 Å². The summed E-state index contributed by atoms with van der Waals surface area (Å²) in [6, 6.07) is 15.6. The highest BCUT2D eigenvalue weighted by Crippen LogP contribution is 2.29. The van der Waals surface area contributed by atoms with E-state index in [2.05, 4.69) is 27.6 Å². The monoisotopic (exact) mass is 437 g/mol. The molecule has 0 spiro atoms. The lowest BCUT2D eigenvalue weighted by molar-refractivity contribution is -0.124. The van der Waals surface area contributed by atoms with Gasteiger partial charge in [0, 0.05) is 23.5 Å². The van der Waals surface area contributed by atoms with Gasteiger partial charge >= 0.3 is 6.03 Å². The summed E-state index contributed by atoms with van der Waals surface area (Å²) in [6.07, 6.45) is 0.669. The van der Waals surface area contributed by atoms with Crippen LogP contribution >= 0.6 is 11.8 Å². The summed E-state index contributed by atoms with van der Waals surface area (Å²) in [5, 5.41) is 12.2. The van der Waals surface area contributed by atoms with Gasteiger partial charge in [-0.15, -0.1) is 10.2 Å². The molecular formula is C22H23N5O3S. The van der Waals surface area contributed by atoms with Crippen LogP contribution in [-0.4, -0.2) is 57.6 Å². The van der Waals surface area contributed by atoms with Crippen LogP contribution < -0.4 is 10.1 Å². The SMILES string of the molecule is COc1ccc(-c2nnc(SCCCN3C(=O)CNC3=O)n2-c2ccc(C)cc2)cc1. The van der Waals surface area contributed by atoms with Gasteiger partial charge in [0.1, 0.15) is 5.75 Å². The lowest BCUT2D eigenvalue weighted by Gasteiger charge is -2.13. The van der Waals surface area contributed by atoms with Crippen molar-refractivity contribution in [3.8, 4) is 22.8 Å². The van der Waals surface area contributed by atoms with Crippen molar-refractivity contribution >= 4 is 23.7 Å². The number of nitrogens with one attached hydrogen (secondary N) is 1. The molecule has 8 nitrogen and oxygen atoms in total. The molecule has 0 radical (unpaired) electrons.